The van der Waals surface area contributed by atoms with Crippen LogP contribution in [0.1, 0.15) is 39.3 Å². The Labute approximate surface area is 193 Å². The lowest BCUT2D eigenvalue weighted by molar-refractivity contribution is -0.00117. The van der Waals surface area contributed by atoms with E-state index in [0.717, 1.165) is 30.6 Å². The van der Waals surface area contributed by atoms with Crippen LogP contribution in [0.2, 0.25) is 0 Å². The molecule has 3 aromatic heterocycles. The number of hydrogen-bond acceptors (Lipinski definition) is 6. The van der Waals surface area contributed by atoms with Gasteiger partial charge in [-0.2, -0.15) is 5.10 Å². The minimum absolute atomic E-state index is 0.323. The summed E-state index contributed by atoms with van der Waals surface area (Å²) >= 11 is 0. The number of nitrogens with zero attached hydrogens (tertiary/aromatic N) is 5. The minimum atomic E-state index is -0.823. The molecule has 3 aromatic rings. The molecule has 9 nitrogen and oxygen atoms in total. The van der Waals surface area contributed by atoms with Gasteiger partial charge in [0, 0.05) is 42.5 Å². The van der Waals surface area contributed by atoms with E-state index in [4.69, 9.17) is 4.74 Å². The molecule has 4 rings (SSSR count). The second-order valence-corrected chi connectivity index (χ2v) is 8.99. The third-order valence-electron chi connectivity index (χ3n) is 5.87. The van der Waals surface area contributed by atoms with Crippen LogP contribution >= 0.6 is 0 Å². The molecule has 0 aliphatic carbocycles. The van der Waals surface area contributed by atoms with Gasteiger partial charge in [0.15, 0.2) is 0 Å². The fraction of sp³-hybridized carbons (Fsp3) is 0.417. The van der Waals surface area contributed by atoms with Gasteiger partial charge in [-0.1, -0.05) is 20.8 Å². The van der Waals surface area contributed by atoms with Crippen molar-refractivity contribution >= 4 is 11.8 Å². The van der Waals surface area contributed by atoms with Crippen LogP contribution < -0.4 is 10.1 Å². The summed E-state index contributed by atoms with van der Waals surface area (Å²) in [5.41, 5.74) is 2.01. The van der Waals surface area contributed by atoms with E-state index in [1.54, 1.807) is 30.6 Å². The van der Waals surface area contributed by atoms with Crippen LogP contribution in [0.15, 0.2) is 42.9 Å². The lowest BCUT2D eigenvalue weighted by Crippen LogP contribution is -2.42. The zero-order valence-corrected chi connectivity index (χ0v) is 19.4. The van der Waals surface area contributed by atoms with E-state index in [1.165, 1.54) is 4.90 Å². The van der Waals surface area contributed by atoms with E-state index in [9.17, 15) is 9.90 Å². The average Bonchev–Trinajstić information content (AvgIpc) is 3.35. The summed E-state index contributed by atoms with van der Waals surface area (Å²) in [5.74, 6) is 1.61. The SMILES string of the molecule is CCCn1cc(-c2cc(Oc3ccc(NC(=O)N4CCC(C)(C)C4O)nc3C)ccn2)cn1. The van der Waals surface area contributed by atoms with Crippen LogP contribution in [0.5, 0.6) is 11.5 Å². The van der Waals surface area contributed by atoms with E-state index in [-0.39, 0.29) is 11.4 Å². The minimum Gasteiger partial charge on any atom is -0.455 e. The molecule has 0 saturated carbocycles. The predicted molar refractivity (Wildman–Crippen MR) is 125 cm³/mol. The molecule has 0 spiro atoms. The largest absolute Gasteiger partial charge is 0.455 e. The molecule has 4 heterocycles. The van der Waals surface area contributed by atoms with Crippen LogP contribution in [-0.4, -0.2) is 48.6 Å². The number of aliphatic hydroxyl groups excluding tert-OH is 1. The molecule has 2 amide bonds. The van der Waals surface area contributed by atoms with Gasteiger partial charge in [-0.05, 0) is 38.0 Å². The van der Waals surface area contributed by atoms with Crippen LogP contribution in [0, 0.1) is 12.3 Å². The normalized spacial score (nSPS) is 17.2. The number of amides is 2. The van der Waals surface area contributed by atoms with Crippen molar-refractivity contribution < 1.29 is 14.6 Å². The monoisotopic (exact) mass is 450 g/mol. The molecular weight excluding hydrogens is 420 g/mol. The Balaban J connectivity index is 1.44. The van der Waals surface area contributed by atoms with Crippen molar-refractivity contribution in [1.82, 2.24) is 24.6 Å². The summed E-state index contributed by atoms with van der Waals surface area (Å²) in [6.07, 6.45) is 6.40. The number of carbonyl (C=O) groups excluding carboxylic acids is 1. The van der Waals surface area contributed by atoms with Crippen molar-refractivity contribution in [3.63, 3.8) is 0 Å². The number of anilines is 1. The van der Waals surface area contributed by atoms with Crippen molar-refractivity contribution in [2.75, 3.05) is 11.9 Å². The third kappa shape index (κ3) is 4.98. The van der Waals surface area contributed by atoms with E-state index in [2.05, 4.69) is 27.3 Å². The number of aryl methyl sites for hydroxylation is 2. The number of nitrogens with one attached hydrogen (secondary N) is 1. The smallest absolute Gasteiger partial charge is 0.325 e. The quantitative estimate of drug-likeness (QED) is 0.575. The highest BCUT2D eigenvalue weighted by Gasteiger charge is 2.41. The van der Waals surface area contributed by atoms with E-state index >= 15 is 0 Å². The molecule has 9 heteroatoms. The van der Waals surface area contributed by atoms with Gasteiger partial charge in [-0.15, -0.1) is 0 Å². The summed E-state index contributed by atoms with van der Waals surface area (Å²) in [6, 6.07) is 6.73. The maximum Gasteiger partial charge on any atom is 0.325 e. The first-order valence-electron chi connectivity index (χ1n) is 11.2. The molecule has 1 fully saturated rings. The zero-order valence-electron chi connectivity index (χ0n) is 19.4. The molecule has 33 heavy (non-hydrogen) atoms. The Kier molecular flexibility index (Phi) is 6.33. The molecule has 174 valence electrons. The highest BCUT2D eigenvalue weighted by atomic mass is 16.5. The molecule has 0 aromatic carbocycles. The van der Waals surface area contributed by atoms with Gasteiger partial charge < -0.3 is 9.84 Å². The van der Waals surface area contributed by atoms with E-state index < -0.39 is 6.23 Å². The average molecular weight is 451 g/mol. The van der Waals surface area contributed by atoms with Crippen LogP contribution in [0.3, 0.4) is 0 Å². The number of likely N-dealkylation sites (tertiary alicyclic amines) is 1. The van der Waals surface area contributed by atoms with E-state index in [1.807, 2.05) is 37.7 Å². The topological polar surface area (TPSA) is 105 Å². The van der Waals surface area contributed by atoms with Crippen molar-refractivity contribution in [2.24, 2.45) is 5.41 Å². The summed E-state index contributed by atoms with van der Waals surface area (Å²) in [4.78, 5) is 22.9. The van der Waals surface area contributed by atoms with Gasteiger partial charge in [0.2, 0.25) is 0 Å². The lowest BCUT2D eigenvalue weighted by Gasteiger charge is -2.27. The summed E-state index contributed by atoms with van der Waals surface area (Å²) in [7, 11) is 0. The number of rotatable bonds is 6. The van der Waals surface area contributed by atoms with Crippen LogP contribution in [0.25, 0.3) is 11.3 Å². The van der Waals surface area contributed by atoms with Crippen molar-refractivity contribution in [2.45, 2.75) is 53.3 Å². The molecule has 1 saturated heterocycles. The Morgan fingerprint density at radius 2 is 2.15 bits per heavy atom. The summed E-state index contributed by atoms with van der Waals surface area (Å²) in [5, 5.41) is 17.5. The van der Waals surface area contributed by atoms with Gasteiger partial charge in [0.25, 0.3) is 0 Å². The first-order chi connectivity index (χ1) is 15.8. The highest BCUT2D eigenvalue weighted by Crippen LogP contribution is 2.35. The zero-order chi connectivity index (χ0) is 23.6. The van der Waals surface area contributed by atoms with Gasteiger partial charge in [0.1, 0.15) is 23.5 Å². The van der Waals surface area contributed by atoms with Crippen LogP contribution in [-0.2, 0) is 6.54 Å². The molecule has 0 radical (unpaired) electrons. The molecule has 1 atom stereocenters. The Morgan fingerprint density at radius 3 is 2.85 bits per heavy atom. The molecule has 1 aliphatic rings. The molecule has 2 N–H and O–H groups in total. The number of ether oxygens (including phenoxy) is 1. The van der Waals surface area contributed by atoms with Crippen molar-refractivity contribution in [3.8, 4) is 22.8 Å². The Bertz CT molecular complexity index is 1140. The predicted octanol–water partition coefficient (Wildman–Crippen LogP) is 4.43. The van der Waals surface area contributed by atoms with Gasteiger partial charge in [0.05, 0.1) is 17.6 Å². The van der Waals surface area contributed by atoms with Gasteiger partial charge >= 0.3 is 6.03 Å². The Morgan fingerprint density at radius 1 is 1.33 bits per heavy atom. The Hall–Kier alpha value is -3.46. The fourth-order valence-electron chi connectivity index (χ4n) is 3.81. The first-order valence-corrected chi connectivity index (χ1v) is 11.2. The summed E-state index contributed by atoms with van der Waals surface area (Å²) in [6.45, 7) is 9.18. The number of aromatic nitrogens is 4. The van der Waals surface area contributed by atoms with Crippen LogP contribution in [0.4, 0.5) is 10.6 Å². The first kappa shape index (κ1) is 22.7. The van der Waals surface area contributed by atoms with Crippen molar-refractivity contribution in [1.29, 1.82) is 0 Å². The van der Waals surface area contributed by atoms with Crippen molar-refractivity contribution in [3.05, 3.63) is 48.5 Å². The second-order valence-electron chi connectivity index (χ2n) is 8.99. The van der Waals surface area contributed by atoms with E-state index in [0.29, 0.717) is 29.6 Å². The fourth-order valence-corrected chi connectivity index (χ4v) is 3.81. The second kappa shape index (κ2) is 9.19. The lowest BCUT2D eigenvalue weighted by atomic mass is 9.91. The maximum atomic E-state index is 12.6. The molecule has 1 aliphatic heterocycles. The number of pyridine rings is 2. The maximum absolute atomic E-state index is 12.6. The number of carbonyl (C=O) groups is 1. The van der Waals surface area contributed by atoms with Gasteiger partial charge in [-0.25, -0.2) is 9.78 Å². The van der Waals surface area contributed by atoms with Gasteiger partial charge in [-0.3, -0.25) is 19.9 Å². The number of hydrogen-bond donors (Lipinski definition) is 2. The number of urea groups is 1. The standard InChI is InChI=1S/C24H30N6O3/c1-5-11-29-15-17(14-26-29)19-13-18(8-10-25-19)33-20-6-7-21(27-16(20)2)28-23(32)30-12-9-24(3,4)22(30)31/h6-8,10,13-15,22,31H,5,9,11-12H2,1-4H3,(H,27,28,32). The highest BCUT2D eigenvalue weighted by molar-refractivity contribution is 5.88. The third-order valence-corrected chi connectivity index (χ3v) is 5.87. The molecular formula is C24H30N6O3. The molecule has 0 bridgehead atoms. The number of aliphatic hydroxyl groups is 1. The summed E-state index contributed by atoms with van der Waals surface area (Å²) < 4.78 is 7.93. The molecule has 1 unspecified atom stereocenters.